The van der Waals surface area contributed by atoms with E-state index in [1.165, 1.54) is 257 Å². The maximum atomic E-state index is 12.9. The molecule has 0 aromatic rings. The SMILES string of the molecule is CCCCC/C=C\C/C=C\CCCCCCCCCCCC(=O)OC(COC(=O)CCCCCCC/C=C\CCCCCC)COC(=O)CCCCCCCCCCCCCCCCC/C=C\CCCCCCCCCC. The van der Waals surface area contributed by atoms with Crippen molar-refractivity contribution in [3.8, 4) is 0 Å². The molecule has 0 amide bonds. The Labute approximate surface area is 479 Å². The highest BCUT2D eigenvalue weighted by atomic mass is 16.6. The zero-order valence-electron chi connectivity index (χ0n) is 51.7. The molecule has 0 aromatic carbocycles. The average molecular weight is 1080 g/mol. The van der Waals surface area contributed by atoms with Crippen molar-refractivity contribution in [2.24, 2.45) is 0 Å². The van der Waals surface area contributed by atoms with Crippen molar-refractivity contribution in [2.75, 3.05) is 13.2 Å². The van der Waals surface area contributed by atoms with Gasteiger partial charge in [0.05, 0.1) is 0 Å². The number of carbonyl (C=O) groups excluding carboxylic acids is 3. The Morgan fingerprint density at radius 3 is 0.766 bits per heavy atom. The lowest BCUT2D eigenvalue weighted by Crippen LogP contribution is -2.30. The van der Waals surface area contributed by atoms with Crippen molar-refractivity contribution in [3.05, 3.63) is 48.6 Å². The van der Waals surface area contributed by atoms with Crippen LogP contribution >= 0.6 is 0 Å². The molecule has 0 saturated carbocycles. The molecule has 0 spiro atoms. The van der Waals surface area contributed by atoms with Crippen LogP contribution in [0, 0.1) is 0 Å². The van der Waals surface area contributed by atoms with Crippen LogP contribution in [0.2, 0.25) is 0 Å². The first kappa shape index (κ1) is 74.4. The predicted molar refractivity (Wildman–Crippen MR) is 335 cm³/mol. The molecule has 0 aromatic heterocycles. The Balaban J connectivity index is 4.23. The van der Waals surface area contributed by atoms with Crippen molar-refractivity contribution in [3.63, 3.8) is 0 Å². The summed E-state index contributed by atoms with van der Waals surface area (Å²) in [7, 11) is 0. The smallest absolute Gasteiger partial charge is 0.306 e. The molecule has 0 heterocycles. The Morgan fingerprint density at radius 2 is 0.468 bits per heavy atom. The number of esters is 3. The normalized spacial score (nSPS) is 12.3. The van der Waals surface area contributed by atoms with Gasteiger partial charge in [-0.05, 0) is 103 Å². The molecule has 0 saturated heterocycles. The molecular weight excluding hydrogens is 949 g/mol. The van der Waals surface area contributed by atoms with E-state index in [1.54, 1.807) is 0 Å². The lowest BCUT2D eigenvalue weighted by molar-refractivity contribution is -0.167. The van der Waals surface area contributed by atoms with Gasteiger partial charge < -0.3 is 14.2 Å². The third kappa shape index (κ3) is 64.1. The van der Waals surface area contributed by atoms with E-state index in [4.69, 9.17) is 14.2 Å². The molecule has 450 valence electrons. The van der Waals surface area contributed by atoms with Gasteiger partial charge in [0.25, 0.3) is 0 Å². The van der Waals surface area contributed by atoms with E-state index in [0.717, 1.165) is 70.6 Å². The average Bonchev–Trinajstić information content (AvgIpc) is 3.43. The number of ether oxygens (including phenoxy) is 3. The van der Waals surface area contributed by atoms with Gasteiger partial charge in [0, 0.05) is 19.3 Å². The minimum atomic E-state index is -0.778. The van der Waals surface area contributed by atoms with E-state index < -0.39 is 6.10 Å². The largest absolute Gasteiger partial charge is 0.462 e. The zero-order chi connectivity index (χ0) is 55.7. The zero-order valence-corrected chi connectivity index (χ0v) is 51.7. The molecule has 0 rings (SSSR count). The van der Waals surface area contributed by atoms with Crippen LogP contribution in [0.25, 0.3) is 0 Å². The molecule has 0 N–H and O–H groups in total. The van der Waals surface area contributed by atoms with E-state index in [9.17, 15) is 14.4 Å². The van der Waals surface area contributed by atoms with Crippen LogP contribution in [0.1, 0.15) is 367 Å². The third-order valence-corrected chi connectivity index (χ3v) is 15.3. The Bertz CT molecular complexity index is 1330. The van der Waals surface area contributed by atoms with E-state index in [-0.39, 0.29) is 31.1 Å². The maximum Gasteiger partial charge on any atom is 0.306 e. The van der Waals surface area contributed by atoms with Crippen molar-refractivity contribution in [2.45, 2.75) is 374 Å². The van der Waals surface area contributed by atoms with Gasteiger partial charge in [-0.1, -0.05) is 294 Å². The van der Waals surface area contributed by atoms with Gasteiger partial charge in [-0.2, -0.15) is 0 Å². The van der Waals surface area contributed by atoms with Crippen molar-refractivity contribution >= 4 is 17.9 Å². The van der Waals surface area contributed by atoms with Gasteiger partial charge in [0.1, 0.15) is 13.2 Å². The van der Waals surface area contributed by atoms with Crippen molar-refractivity contribution < 1.29 is 28.6 Å². The fourth-order valence-corrected chi connectivity index (χ4v) is 10.1. The van der Waals surface area contributed by atoms with Gasteiger partial charge in [0.2, 0.25) is 0 Å². The first-order valence-electron chi connectivity index (χ1n) is 34.1. The summed E-state index contributed by atoms with van der Waals surface area (Å²) in [5, 5.41) is 0. The van der Waals surface area contributed by atoms with Gasteiger partial charge in [-0.3, -0.25) is 14.4 Å². The Morgan fingerprint density at radius 1 is 0.260 bits per heavy atom. The number of hydrogen-bond donors (Lipinski definition) is 0. The van der Waals surface area contributed by atoms with Crippen molar-refractivity contribution in [1.82, 2.24) is 0 Å². The number of hydrogen-bond acceptors (Lipinski definition) is 6. The predicted octanol–water partition coefficient (Wildman–Crippen LogP) is 23.3. The number of carbonyl (C=O) groups is 3. The van der Waals surface area contributed by atoms with Crippen LogP contribution in [0.3, 0.4) is 0 Å². The molecule has 1 unspecified atom stereocenters. The van der Waals surface area contributed by atoms with E-state index in [1.807, 2.05) is 0 Å². The van der Waals surface area contributed by atoms with Crippen LogP contribution < -0.4 is 0 Å². The fourth-order valence-electron chi connectivity index (χ4n) is 10.1. The quantitative estimate of drug-likeness (QED) is 0.0261. The van der Waals surface area contributed by atoms with Crippen LogP contribution in [0.4, 0.5) is 0 Å². The summed E-state index contributed by atoms with van der Waals surface area (Å²) in [4.78, 5) is 38.3. The van der Waals surface area contributed by atoms with E-state index in [2.05, 4.69) is 69.4 Å². The molecule has 1 atom stereocenters. The minimum absolute atomic E-state index is 0.0742. The molecule has 0 fully saturated rings. The second-order valence-corrected chi connectivity index (χ2v) is 23.1. The minimum Gasteiger partial charge on any atom is -0.462 e. The van der Waals surface area contributed by atoms with E-state index in [0.29, 0.717) is 19.3 Å². The fraction of sp³-hybridized carbons (Fsp3) is 0.845. The van der Waals surface area contributed by atoms with Crippen molar-refractivity contribution in [1.29, 1.82) is 0 Å². The molecule has 0 aliphatic carbocycles. The van der Waals surface area contributed by atoms with Crippen LogP contribution in [-0.4, -0.2) is 37.2 Å². The van der Waals surface area contributed by atoms with Crippen LogP contribution in [0.5, 0.6) is 0 Å². The van der Waals surface area contributed by atoms with Gasteiger partial charge in [-0.25, -0.2) is 0 Å². The van der Waals surface area contributed by atoms with Crippen LogP contribution in [0.15, 0.2) is 48.6 Å². The molecule has 6 nitrogen and oxygen atoms in total. The molecule has 77 heavy (non-hydrogen) atoms. The maximum absolute atomic E-state index is 12.9. The monoisotopic (exact) mass is 1080 g/mol. The lowest BCUT2D eigenvalue weighted by atomic mass is 10.0. The second kappa shape index (κ2) is 65.9. The second-order valence-electron chi connectivity index (χ2n) is 23.1. The molecule has 0 bridgehead atoms. The lowest BCUT2D eigenvalue weighted by Gasteiger charge is -2.18. The first-order chi connectivity index (χ1) is 38.0. The van der Waals surface area contributed by atoms with Gasteiger partial charge in [-0.15, -0.1) is 0 Å². The standard InChI is InChI=1S/C71H130O6/c1-4-7-10-13-16-19-22-25-27-29-31-32-33-34-35-36-37-38-40-41-43-46-49-52-55-58-61-64-70(73)76-67-68(66-75-69(72)63-60-57-54-51-48-45-24-21-18-15-12-9-6-3)77-71(74)65-62-59-56-53-50-47-44-42-39-30-28-26-23-20-17-14-11-8-5-2/h17,20-21,24,26,28-29,31,68H,4-16,18-19,22-23,25,27,30,32-67H2,1-3H3/b20-17-,24-21-,28-26-,31-29-. The van der Waals surface area contributed by atoms with Gasteiger partial charge >= 0.3 is 17.9 Å². The number of rotatable bonds is 63. The molecule has 6 heteroatoms. The van der Waals surface area contributed by atoms with Crippen LogP contribution in [-0.2, 0) is 28.6 Å². The topological polar surface area (TPSA) is 78.9 Å². The van der Waals surface area contributed by atoms with Gasteiger partial charge in [0.15, 0.2) is 6.10 Å². The highest BCUT2D eigenvalue weighted by Crippen LogP contribution is 2.17. The molecular formula is C71H130O6. The highest BCUT2D eigenvalue weighted by Gasteiger charge is 2.19. The Kier molecular flexibility index (Phi) is 63.6. The summed E-state index contributed by atoms with van der Waals surface area (Å²) in [6, 6.07) is 0. The first-order valence-corrected chi connectivity index (χ1v) is 34.1. The Hall–Kier alpha value is -2.63. The number of allylic oxidation sites excluding steroid dienone is 8. The summed E-state index contributed by atoms with van der Waals surface area (Å²) < 4.78 is 17.0. The summed E-state index contributed by atoms with van der Waals surface area (Å²) in [5.74, 6) is -0.866. The third-order valence-electron chi connectivity index (χ3n) is 15.3. The summed E-state index contributed by atoms with van der Waals surface area (Å²) >= 11 is 0. The number of unbranched alkanes of at least 4 members (excludes halogenated alkanes) is 44. The highest BCUT2D eigenvalue weighted by molar-refractivity contribution is 5.71. The summed E-state index contributed by atoms with van der Waals surface area (Å²) in [6.45, 7) is 6.64. The molecule has 0 radical (unpaired) electrons. The molecule has 0 aliphatic heterocycles. The van der Waals surface area contributed by atoms with E-state index >= 15 is 0 Å². The molecule has 0 aliphatic rings. The summed E-state index contributed by atoms with van der Waals surface area (Å²) in [6.07, 6.45) is 82.8. The summed E-state index contributed by atoms with van der Waals surface area (Å²) in [5.41, 5.74) is 0.